The number of hydrogen-bond donors (Lipinski definition) is 0. The zero-order valence-electron chi connectivity index (χ0n) is 15.3. The molecule has 3 aromatic carbocycles. The van der Waals surface area contributed by atoms with E-state index in [2.05, 4.69) is 77.5 Å². The van der Waals surface area contributed by atoms with E-state index >= 15 is 0 Å². The molecular weight excluding hydrogens is 405 g/mol. The van der Waals surface area contributed by atoms with Gasteiger partial charge in [0.25, 0.3) is 0 Å². The number of isothiocyanates is 1. The highest BCUT2D eigenvalue weighted by Crippen LogP contribution is 2.33. The molecule has 0 aliphatic heterocycles. The molecule has 0 aromatic heterocycles. The van der Waals surface area contributed by atoms with Gasteiger partial charge in [-0.05, 0) is 59.6 Å². The lowest BCUT2D eigenvalue weighted by Crippen LogP contribution is -1.84. The van der Waals surface area contributed by atoms with Crippen LogP contribution in [-0.2, 0) is 6.42 Å². The third-order valence-electron chi connectivity index (χ3n) is 4.24. The molecule has 0 unspecified atom stereocenters. The number of rotatable bonds is 4. The van der Waals surface area contributed by atoms with Crippen molar-refractivity contribution in [3.8, 4) is 23.0 Å². The molecule has 0 saturated carbocycles. The van der Waals surface area contributed by atoms with Gasteiger partial charge in [0, 0.05) is 11.1 Å². The average molecular weight is 422 g/mol. The normalized spacial score (nSPS) is 9.96. The predicted molar refractivity (Wildman–Crippen MR) is 123 cm³/mol. The van der Waals surface area contributed by atoms with Crippen LogP contribution in [0, 0.1) is 11.8 Å². The fourth-order valence-electron chi connectivity index (χ4n) is 2.83. The summed E-state index contributed by atoms with van der Waals surface area (Å²) in [6.45, 7) is 2.19. The summed E-state index contributed by atoms with van der Waals surface area (Å²) in [6.07, 6.45) is 2.27. The maximum Gasteiger partial charge on any atom is 0.111 e. The van der Waals surface area contributed by atoms with Gasteiger partial charge in [-0.1, -0.05) is 84.8 Å². The number of halogens is 2. The number of aliphatic imine (C=N–C) groups is 1. The molecule has 0 saturated heterocycles. The van der Waals surface area contributed by atoms with Crippen molar-refractivity contribution in [3.63, 3.8) is 0 Å². The van der Waals surface area contributed by atoms with E-state index in [4.69, 9.17) is 23.2 Å². The van der Waals surface area contributed by atoms with Crippen LogP contribution in [0.1, 0.15) is 30.0 Å². The van der Waals surface area contributed by atoms with Crippen LogP contribution >= 0.6 is 35.4 Å². The Morgan fingerprint density at radius 1 is 0.821 bits per heavy atom. The fourth-order valence-corrected chi connectivity index (χ4v) is 3.50. The van der Waals surface area contributed by atoms with E-state index < -0.39 is 0 Å². The van der Waals surface area contributed by atoms with E-state index in [0.717, 1.165) is 18.4 Å². The lowest BCUT2D eigenvalue weighted by Gasteiger charge is -2.04. The Hall–Kier alpha value is -2.40. The van der Waals surface area contributed by atoms with Crippen LogP contribution in [-0.4, -0.2) is 5.16 Å². The summed E-state index contributed by atoms with van der Waals surface area (Å²) in [6, 6.07) is 20.3. The Bertz CT molecular complexity index is 1060. The first-order valence-corrected chi connectivity index (χ1v) is 10.1. The highest BCUT2D eigenvalue weighted by molar-refractivity contribution is 7.78. The molecule has 0 radical (unpaired) electrons. The Labute approximate surface area is 181 Å². The Morgan fingerprint density at radius 3 is 1.89 bits per heavy atom. The zero-order valence-corrected chi connectivity index (χ0v) is 17.6. The molecule has 3 aromatic rings. The molecule has 138 valence electrons. The summed E-state index contributed by atoms with van der Waals surface area (Å²) in [5.41, 5.74) is 5.79. The second kappa shape index (κ2) is 9.69. The van der Waals surface area contributed by atoms with Gasteiger partial charge in [0.2, 0.25) is 0 Å². The molecule has 0 spiro atoms. The molecule has 4 heteroatoms. The van der Waals surface area contributed by atoms with Crippen molar-refractivity contribution >= 4 is 46.3 Å². The minimum atomic E-state index is 0.399. The lowest BCUT2D eigenvalue weighted by atomic mass is 10.0. The molecule has 1 nitrogen and oxygen atoms in total. The van der Waals surface area contributed by atoms with Crippen molar-refractivity contribution < 1.29 is 0 Å². The van der Waals surface area contributed by atoms with Gasteiger partial charge in [-0.3, -0.25) is 0 Å². The molecule has 0 N–H and O–H groups in total. The first kappa shape index (κ1) is 20.3. The molecule has 0 heterocycles. The van der Waals surface area contributed by atoms with Crippen molar-refractivity contribution in [2.24, 2.45) is 4.99 Å². The third kappa shape index (κ3) is 5.10. The predicted octanol–water partition coefficient (Wildman–Crippen LogP) is 7.75. The van der Waals surface area contributed by atoms with E-state index in [1.807, 2.05) is 12.1 Å². The number of aryl methyl sites for hydroxylation is 1. The maximum atomic E-state index is 6.18. The summed E-state index contributed by atoms with van der Waals surface area (Å²) in [7, 11) is 0. The van der Waals surface area contributed by atoms with Crippen molar-refractivity contribution in [1.29, 1.82) is 0 Å². The molecular formula is C24H17Cl2NS. The van der Waals surface area contributed by atoms with Crippen LogP contribution in [0.2, 0.25) is 10.0 Å². The van der Waals surface area contributed by atoms with Crippen molar-refractivity contribution in [3.05, 3.63) is 87.4 Å². The van der Waals surface area contributed by atoms with Gasteiger partial charge in [0.1, 0.15) is 5.69 Å². The first-order chi connectivity index (χ1) is 13.6. The maximum absolute atomic E-state index is 6.18. The first-order valence-electron chi connectivity index (χ1n) is 8.89. The van der Waals surface area contributed by atoms with E-state index in [9.17, 15) is 0 Å². The standard InChI is InChI=1S/C24H17Cl2NS/c1-2-3-17-6-10-20(11-7-17)21-12-8-18(9-13-21)4-5-19-14-22(25)24(27-16-28)23(26)15-19/h6-15H,2-3H2,1H3. The molecule has 3 rings (SSSR count). The van der Waals surface area contributed by atoms with Crippen LogP contribution < -0.4 is 0 Å². The number of hydrogen-bond acceptors (Lipinski definition) is 2. The minimum Gasteiger partial charge on any atom is -0.192 e. The molecule has 0 bridgehead atoms. The Kier molecular flexibility index (Phi) is 7.04. The summed E-state index contributed by atoms with van der Waals surface area (Å²) in [4.78, 5) is 3.87. The van der Waals surface area contributed by atoms with Crippen LogP contribution in [0.4, 0.5) is 5.69 Å². The van der Waals surface area contributed by atoms with Crippen LogP contribution in [0.5, 0.6) is 0 Å². The van der Waals surface area contributed by atoms with Gasteiger partial charge in [-0.25, -0.2) is 0 Å². The summed E-state index contributed by atoms with van der Waals surface area (Å²) < 4.78 is 0. The molecule has 0 aliphatic rings. The molecule has 28 heavy (non-hydrogen) atoms. The second-order valence-corrected chi connectivity index (χ2v) is 7.26. The SMILES string of the molecule is CCCc1ccc(-c2ccc(C#Cc3cc(Cl)c(N=C=S)c(Cl)c3)cc2)cc1. The monoisotopic (exact) mass is 421 g/mol. The minimum absolute atomic E-state index is 0.399. The third-order valence-corrected chi connectivity index (χ3v) is 4.90. The molecule has 0 atom stereocenters. The second-order valence-electron chi connectivity index (χ2n) is 6.27. The Morgan fingerprint density at radius 2 is 1.36 bits per heavy atom. The van der Waals surface area contributed by atoms with Gasteiger partial charge < -0.3 is 0 Å². The van der Waals surface area contributed by atoms with E-state index in [0.29, 0.717) is 21.3 Å². The average Bonchev–Trinajstić information content (AvgIpc) is 2.70. The van der Waals surface area contributed by atoms with Crippen LogP contribution in [0.3, 0.4) is 0 Å². The molecule has 0 fully saturated rings. The summed E-state index contributed by atoms with van der Waals surface area (Å²) >= 11 is 17.0. The van der Waals surface area contributed by atoms with E-state index in [-0.39, 0.29) is 0 Å². The quantitative estimate of drug-likeness (QED) is 0.238. The fraction of sp³-hybridized carbons (Fsp3) is 0.125. The topological polar surface area (TPSA) is 12.4 Å². The van der Waals surface area contributed by atoms with Crippen molar-refractivity contribution in [2.45, 2.75) is 19.8 Å². The Balaban J connectivity index is 1.79. The highest BCUT2D eigenvalue weighted by Gasteiger charge is 2.06. The van der Waals surface area contributed by atoms with Gasteiger partial charge in [0.15, 0.2) is 0 Å². The molecule has 0 amide bonds. The number of thiocarbonyl (C=S) groups is 1. The van der Waals surface area contributed by atoms with Gasteiger partial charge in [0.05, 0.1) is 15.2 Å². The van der Waals surface area contributed by atoms with Gasteiger partial charge in [-0.2, -0.15) is 4.99 Å². The largest absolute Gasteiger partial charge is 0.192 e. The zero-order chi connectivity index (χ0) is 19.9. The van der Waals surface area contributed by atoms with Crippen molar-refractivity contribution in [1.82, 2.24) is 0 Å². The van der Waals surface area contributed by atoms with Gasteiger partial charge in [-0.15, -0.1) is 0 Å². The number of nitrogens with zero attached hydrogens (tertiary/aromatic N) is 1. The summed E-state index contributed by atoms with van der Waals surface area (Å²) in [5, 5.41) is 3.07. The smallest absolute Gasteiger partial charge is 0.111 e. The van der Waals surface area contributed by atoms with E-state index in [1.165, 1.54) is 16.7 Å². The van der Waals surface area contributed by atoms with Crippen LogP contribution in [0.15, 0.2) is 65.7 Å². The number of benzene rings is 3. The van der Waals surface area contributed by atoms with Crippen molar-refractivity contribution in [2.75, 3.05) is 0 Å². The van der Waals surface area contributed by atoms with Crippen LogP contribution in [0.25, 0.3) is 11.1 Å². The lowest BCUT2D eigenvalue weighted by molar-refractivity contribution is 0.922. The highest BCUT2D eigenvalue weighted by atomic mass is 35.5. The van der Waals surface area contributed by atoms with E-state index in [1.54, 1.807) is 12.1 Å². The van der Waals surface area contributed by atoms with Gasteiger partial charge >= 0.3 is 0 Å². The summed E-state index contributed by atoms with van der Waals surface area (Å²) in [5.74, 6) is 6.22. The molecule has 0 aliphatic carbocycles.